The van der Waals surface area contributed by atoms with Crippen molar-refractivity contribution in [2.75, 3.05) is 11.9 Å². The van der Waals surface area contributed by atoms with Crippen LogP contribution < -0.4 is 10.9 Å². The average molecular weight is 481 g/mol. The number of nitrogens with zero attached hydrogens (tertiary/aromatic N) is 5. The fourth-order valence-electron chi connectivity index (χ4n) is 4.06. The molecule has 1 aliphatic carbocycles. The first-order valence-corrected chi connectivity index (χ1v) is 11.2. The maximum absolute atomic E-state index is 13.9. The van der Waals surface area contributed by atoms with Gasteiger partial charge in [-0.15, -0.1) is 0 Å². The first-order chi connectivity index (χ1) is 16.4. The van der Waals surface area contributed by atoms with Crippen molar-refractivity contribution in [2.24, 2.45) is 7.05 Å². The molecule has 1 atom stereocenters. The molecule has 10 heteroatoms. The Labute approximate surface area is 199 Å². The maximum atomic E-state index is 13.9. The SMILES string of the molecule is Cn1ncc(Nc2nccc(-c3ccn(C(CO)c4ccc(Cl)c(F)c4)c(=O)c3)n2)c1C1CC1. The molecule has 0 spiro atoms. The van der Waals surface area contributed by atoms with E-state index in [0.717, 1.165) is 24.2 Å². The smallest absolute Gasteiger partial charge is 0.251 e. The number of aryl methyl sites for hydroxylation is 1. The van der Waals surface area contributed by atoms with Crippen LogP contribution in [0.2, 0.25) is 5.02 Å². The molecule has 2 N–H and O–H groups in total. The molecule has 0 amide bonds. The summed E-state index contributed by atoms with van der Waals surface area (Å²) >= 11 is 5.76. The zero-order chi connectivity index (χ0) is 23.8. The third-order valence-electron chi connectivity index (χ3n) is 5.93. The third-order valence-corrected chi connectivity index (χ3v) is 6.24. The van der Waals surface area contributed by atoms with E-state index in [4.69, 9.17) is 11.6 Å². The monoisotopic (exact) mass is 480 g/mol. The topological polar surface area (TPSA) is 97.9 Å². The minimum atomic E-state index is -0.748. The fraction of sp³-hybridized carbons (Fsp3) is 0.250. The lowest BCUT2D eigenvalue weighted by Gasteiger charge is -2.18. The summed E-state index contributed by atoms with van der Waals surface area (Å²) in [6.07, 6.45) is 7.23. The van der Waals surface area contributed by atoms with Gasteiger partial charge in [0.15, 0.2) is 0 Å². The van der Waals surface area contributed by atoms with Gasteiger partial charge >= 0.3 is 0 Å². The molecule has 3 heterocycles. The number of aliphatic hydroxyl groups is 1. The zero-order valence-corrected chi connectivity index (χ0v) is 19.1. The highest BCUT2D eigenvalue weighted by atomic mass is 35.5. The van der Waals surface area contributed by atoms with Crippen LogP contribution in [0.25, 0.3) is 11.3 Å². The molecule has 0 saturated heterocycles. The van der Waals surface area contributed by atoms with Gasteiger partial charge in [-0.2, -0.15) is 5.10 Å². The van der Waals surface area contributed by atoms with Crippen LogP contribution in [0.1, 0.15) is 36.1 Å². The molecule has 0 aliphatic heterocycles. The van der Waals surface area contributed by atoms with Gasteiger partial charge in [-0.25, -0.2) is 14.4 Å². The number of rotatable bonds is 7. The summed E-state index contributed by atoms with van der Waals surface area (Å²) < 4.78 is 17.1. The number of benzene rings is 1. The van der Waals surface area contributed by atoms with Crippen molar-refractivity contribution in [1.29, 1.82) is 0 Å². The zero-order valence-electron chi connectivity index (χ0n) is 18.3. The number of hydrogen-bond donors (Lipinski definition) is 2. The lowest BCUT2D eigenvalue weighted by atomic mass is 10.1. The Morgan fingerprint density at radius 1 is 1.26 bits per heavy atom. The molecule has 0 radical (unpaired) electrons. The van der Waals surface area contributed by atoms with E-state index in [0.29, 0.717) is 28.7 Å². The van der Waals surface area contributed by atoms with Gasteiger partial charge in [0.2, 0.25) is 5.95 Å². The van der Waals surface area contributed by atoms with Crippen LogP contribution in [0.5, 0.6) is 0 Å². The van der Waals surface area contributed by atoms with Gasteiger partial charge in [0.25, 0.3) is 5.56 Å². The van der Waals surface area contributed by atoms with E-state index in [2.05, 4.69) is 20.4 Å². The van der Waals surface area contributed by atoms with Crippen LogP contribution in [0.4, 0.5) is 16.0 Å². The second-order valence-corrected chi connectivity index (χ2v) is 8.67. The average Bonchev–Trinajstić information content (AvgIpc) is 3.60. The van der Waals surface area contributed by atoms with Crippen molar-refractivity contribution in [3.8, 4) is 11.3 Å². The van der Waals surface area contributed by atoms with Crippen molar-refractivity contribution in [1.82, 2.24) is 24.3 Å². The number of pyridine rings is 1. The first kappa shape index (κ1) is 22.2. The van der Waals surface area contributed by atoms with Crippen molar-refractivity contribution >= 4 is 23.2 Å². The Morgan fingerprint density at radius 2 is 2.09 bits per heavy atom. The summed E-state index contributed by atoms with van der Waals surface area (Å²) in [5, 5.41) is 17.5. The Bertz CT molecular complexity index is 1410. The lowest BCUT2D eigenvalue weighted by molar-refractivity contribution is 0.247. The van der Waals surface area contributed by atoms with E-state index in [1.54, 1.807) is 36.8 Å². The van der Waals surface area contributed by atoms with E-state index in [-0.39, 0.29) is 17.2 Å². The molecule has 8 nitrogen and oxygen atoms in total. The van der Waals surface area contributed by atoms with E-state index in [9.17, 15) is 14.3 Å². The number of anilines is 2. The molecule has 1 aliphatic rings. The van der Waals surface area contributed by atoms with Gasteiger partial charge in [0, 0.05) is 37.0 Å². The van der Waals surface area contributed by atoms with E-state index in [1.807, 2.05) is 11.7 Å². The highest BCUT2D eigenvalue weighted by Gasteiger charge is 2.29. The van der Waals surface area contributed by atoms with Crippen LogP contribution in [-0.2, 0) is 7.05 Å². The van der Waals surface area contributed by atoms with Gasteiger partial charge in [-0.3, -0.25) is 9.48 Å². The van der Waals surface area contributed by atoms with Gasteiger partial charge in [0.05, 0.1) is 40.9 Å². The number of aromatic nitrogens is 5. The molecule has 3 aromatic heterocycles. The molecule has 1 aromatic carbocycles. The van der Waals surface area contributed by atoms with Crippen molar-refractivity contribution in [3.63, 3.8) is 0 Å². The Balaban J connectivity index is 1.42. The summed E-state index contributed by atoms with van der Waals surface area (Å²) in [4.78, 5) is 21.8. The standard InChI is InChI=1S/C24H22ClFN6O2/c1-31-23(14-2-3-14)20(12-28-31)30-24-27-8-6-19(29-24)15-7-9-32(22(34)11-15)21(13-33)16-4-5-17(25)18(26)10-16/h4-12,14,21,33H,2-3,13H2,1H3,(H,27,29,30). The largest absolute Gasteiger partial charge is 0.394 e. The molecule has 1 unspecified atom stereocenters. The minimum absolute atomic E-state index is 0.0214. The van der Waals surface area contributed by atoms with Crippen LogP contribution in [0.15, 0.2) is 59.8 Å². The molecular formula is C24H22ClFN6O2. The molecular weight excluding hydrogens is 459 g/mol. The molecule has 1 saturated carbocycles. The van der Waals surface area contributed by atoms with Crippen molar-refractivity contribution in [3.05, 3.63) is 87.4 Å². The van der Waals surface area contributed by atoms with Gasteiger partial charge in [0.1, 0.15) is 5.82 Å². The number of halogens is 2. The highest BCUT2D eigenvalue weighted by Crippen LogP contribution is 2.43. The minimum Gasteiger partial charge on any atom is -0.394 e. The molecule has 5 rings (SSSR count). The third kappa shape index (κ3) is 4.32. The van der Waals surface area contributed by atoms with Crippen LogP contribution >= 0.6 is 11.6 Å². The highest BCUT2D eigenvalue weighted by molar-refractivity contribution is 6.30. The van der Waals surface area contributed by atoms with E-state index >= 15 is 0 Å². The summed E-state index contributed by atoms with van der Waals surface area (Å²) in [5.74, 6) is 0.294. The molecule has 4 aromatic rings. The Kier molecular flexibility index (Phi) is 5.89. The lowest BCUT2D eigenvalue weighted by Crippen LogP contribution is -2.27. The second kappa shape index (κ2) is 9.00. The van der Waals surface area contributed by atoms with Gasteiger partial charge < -0.3 is 15.0 Å². The Hall–Kier alpha value is -3.56. The van der Waals surface area contributed by atoms with Crippen molar-refractivity contribution in [2.45, 2.75) is 24.8 Å². The summed E-state index contributed by atoms with van der Waals surface area (Å²) in [7, 11) is 1.92. The van der Waals surface area contributed by atoms with Crippen LogP contribution in [-0.4, -0.2) is 36.0 Å². The van der Waals surface area contributed by atoms with E-state index < -0.39 is 11.9 Å². The molecule has 0 bridgehead atoms. The quantitative estimate of drug-likeness (QED) is 0.414. The van der Waals surface area contributed by atoms with E-state index in [1.165, 1.54) is 22.8 Å². The molecule has 34 heavy (non-hydrogen) atoms. The fourth-order valence-corrected chi connectivity index (χ4v) is 4.18. The molecule has 1 fully saturated rings. The summed E-state index contributed by atoms with van der Waals surface area (Å²) in [5.41, 5.74) is 3.25. The van der Waals surface area contributed by atoms with Gasteiger partial charge in [-0.05, 0) is 42.7 Å². The maximum Gasteiger partial charge on any atom is 0.251 e. The summed E-state index contributed by atoms with van der Waals surface area (Å²) in [6, 6.07) is 8.34. The van der Waals surface area contributed by atoms with Crippen molar-refractivity contribution < 1.29 is 9.50 Å². The Morgan fingerprint density at radius 3 is 2.79 bits per heavy atom. The predicted octanol–water partition coefficient (Wildman–Crippen LogP) is 4.03. The summed E-state index contributed by atoms with van der Waals surface area (Å²) in [6.45, 7) is -0.379. The van der Waals surface area contributed by atoms with Crippen LogP contribution in [0, 0.1) is 5.82 Å². The first-order valence-electron chi connectivity index (χ1n) is 10.8. The predicted molar refractivity (Wildman–Crippen MR) is 127 cm³/mol. The number of nitrogens with one attached hydrogen (secondary N) is 1. The van der Waals surface area contributed by atoms with Crippen LogP contribution in [0.3, 0.4) is 0 Å². The number of aliphatic hydroxyl groups excluding tert-OH is 1. The normalized spacial score (nSPS) is 14.2. The number of hydrogen-bond acceptors (Lipinski definition) is 6. The van der Waals surface area contributed by atoms with Gasteiger partial charge in [-0.1, -0.05) is 17.7 Å². The molecule has 174 valence electrons. The second-order valence-electron chi connectivity index (χ2n) is 8.26.